The molecule has 0 aliphatic carbocycles. The molecule has 0 unspecified atom stereocenters. The minimum atomic E-state index is -4.60. The number of hydrogen-bond donors (Lipinski definition) is 0. The zero-order valence-electron chi connectivity index (χ0n) is 19.7. The molecule has 37 heavy (non-hydrogen) atoms. The van der Waals surface area contributed by atoms with Crippen LogP contribution in [0.2, 0.25) is 0 Å². The third-order valence-electron chi connectivity index (χ3n) is 5.26. The van der Waals surface area contributed by atoms with Crippen LogP contribution in [0.4, 0.5) is 26.3 Å². The van der Waals surface area contributed by atoms with Gasteiger partial charge in [-0.15, -0.1) is 11.8 Å². The highest BCUT2D eigenvalue weighted by Crippen LogP contribution is 2.36. The molecule has 196 valence electrons. The third-order valence-corrected chi connectivity index (χ3v) is 6.18. The van der Waals surface area contributed by atoms with Crippen molar-refractivity contribution in [1.82, 2.24) is 0 Å². The summed E-state index contributed by atoms with van der Waals surface area (Å²) in [4.78, 5) is 12.1. The maximum Gasteiger partial charge on any atom is 0.416 e. The Morgan fingerprint density at radius 2 is 1.43 bits per heavy atom. The number of aryl methyl sites for hydroxylation is 1. The van der Waals surface area contributed by atoms with Crippen LogP contribution in [0, 0.1) is 6.92 Å². The molecule has 0 fully saturated rings. The molecular weight excluding hydrogens is 518 g/mol. The fourth-order valence-electron chi connectivity index (χ4n) is 3.42. The number of hydrogen-bond acceptors (Lipinski definition) is 4. The molecule has 0 amide bonds. The quantitative estimate of drug-likeness (QED) is 0.166. The summed E-state index contributed by atoms with van der Waals surface area (Å²) in [5.74, 6) is 0.225. The number of alkyl halides is 6. The number of methoxy groups -OCH3 is 1. The SMILES string of the molecule is COC(=O)COc1ccc(SCC=C(c2cccc(C(F)(F)F)c2)c2cccc(C(F)(F)F)c2)cc1C. The molecule has 0 saturated heterocycles. The van der Waals surface area contributed by atoms with E-state index in [0.29, 0.717) is 5.75 Å². The summed E-state index contributed by atoms with van der Waals surface area (Å²) in [6.45, 7) is 1.53. The van der Waals surface area contributed by atoms with E-state index in [2.05, 4.69) is 4.74 Å². The summed E-state index contributed by atoms with van der Waals surface area (Å²) in [6, 6.07) is 14.2. The predicted molar refractivity (Wildman–Crippen MR) is 129 cm³/mol. The van der Waals surface area contributed by atoms with E-state index in [9.17, 15) is 31.1 Å². The van der Waals surface area contributed by atoms with E-state index in [0.717, 1.165) is 34.7 Å². The van der Waals surface area contributed by atoms with Gasteiger partial charge in [0.15, 0.2) is 6.61 Å². The molecule has 0 aromatic heterocycles. The molecule has 0 atom stereocenters. The standard InChI is InChI=1S/C27H22F6O3S/c1-17-13-22(9-10-24(17)36-16-25(34)35-2)37-12-11-23(18-5-3-7-20(14-18)26(28,29)30)19-6-4-8-21(15-19)27(31,32)33/h3-11,13-15H,12,16H2,1-2H3. The molecule has 0 bridgehead atoms. The highest BCUT2D eigenvalue weighted by Gasteiger charge is 2.32. The average molecular weight is 541 g/mol. The lowest BCUT2D eigenvalue weighted by Crippen LogP contribution is -2.12. The van der Waals surface area contributed by atoms with Crippen LogP contribution in [0.1, 0.15) is 27.8 Å². The van der Waals surface area contributed by atoms with Crippen LogP contribution in [0.15, 0.2) is 77.7 Å². The lowest BCUT2D eigenvalue weighted by molar-refractivity contribution is -0.143. The van der Waals surface area contributed by atoms with E-state index in [1.807, 2.05) is 0 Å². The maximum atomic E-state index is 13.3. The van der Waals surface area contributed by atoms with Crippen molar-refractivity contribution in [3.63, 3.8) is 0 Å². The van der Waals surface area contributed by atoms with Crippen molar-refractivity contribution < 1.29 is 40.6 Å². The lowest BCUT2D eigenvalue weighted by atomic mass is 9.95. The molecular formula is C27H22F6O3S. The second-order valence-corrected chi connectivity index (χ2v) is 8.97. The van der Waals surface area contributed by atoms with Gasteiger partial charge in [0, 0.05) is 10.6 Å². The molecule has 10 heteroatoms. The smallest absolute Gasteiger partial charge is 0.416 e. The van der Waals surface area contributed by atoms with Gasteiger partial charge in [-0.3, -0.25) is 0 Å². The molecule has 0 aliphatic rings. The Labute approximate surface area is 214 Å². The van der Waals surface area contributed by atoms with Gasteiger partial charge in [-0.25, -0.2) is 4.79 Å². The fourth-order valence-corrected chi connectivity index (χ4v) is 4.29. The summed E-state index contributed by atoms with van der Waals surface area (Å²) >= 11 is 1.34. The van der Waals surface area contributed by atoms with Crippen molar-refractivity contribution >= 4 is 23.3 Å². The van der Waals surface area contributed by atoms with Crippen LogP contribution in [0.25, 0.3) is 5.57 Å². The van der Waals surface area contributed by atoms with Gasteiger partial charge in [-0.2, -0.15) is 26.3 Å². The second kappa shape index (κ2) is 11.8. The van der Waals surface area contributed by atoms with Gasteiger partial charge in [0.25, 0.3) is 0 Å². The number of halogens is 6. The highest BCUT2D eigenvalue weighted by molar-refractivity contribution is 7.99. The molecule has 0 N–H and O–H groups in total. The van der Waals surface area contributed by atoms with E-state index in [-0.39, 0.29) is 29.1 Å². The van der Waals surface area contributed by atoms with Crippen LogP contribution in [-0.2, 0) is 21.9 Å². The Morgan fingerprint density at radius 3 is 1.92 bits per heavy atom. The molecule has 3 aromatic carbocycles. The number of ether oxygens (including phenoxy) is 2. The summed E-state index contributed by atoms with van der Waals surface area (Å²) in [7, 11) is 1.25. The monoisotopic (exact) mass is 540 g/mol. The average Bonchev–Trinajstić information content (AvgIpc) is 2.85. The zero-order chi connectivity index (χ0) is 27.2. The van der Waals surface area contributed by atoms with Crippen molar-refractivity contribution in [3.8, 4) is 5.75 Å². The Morgan fingerprint density at radius 1 is 0.865 bits per heavy atom. The van der Waals surface area contributed by atoms with E-state index in [4.69, 9.17) is 4.74 Å². The van der Waals surface area contributed by atoms with Crippen LogP contribution < -0.4 is 4.74 Å². The summed E-state index contributed by atoms with van der Waals surface area (Å²) in [6.07, 6.45) is -7.59. The first-order valence-electron chi connectivity index (χ1n) is 10.9. The van der Waals surface area contributed by atoms with Gasteiger partial charge >= 0.3 is 18.3 Å². The maximum absolute atomic E-state index is 13.3. The van der Waals surface area contributed by atoms with Crippen LogP contribution >= 0.6 is 11.8 Å². The van der Waals surface area contributed by atoms with Gasteiger partial charge in [-0.05, 0) is 71.7 Å². The minimum absolute atomic E-state index is 0.150. The molecule has 3 aromatic rings. The fraction of sp³-hybridized carbons (Fsp3) is 0.222. The summed E-state index contributed by atoms with van der Waals surface area (Å²) < 4.78 is 89.8. The number of rotatable bonds is 8. The molecule has 0 spiro atoms. The number of carbonyl (C=O) groups excluding carboxylic acids is 1. The van der Waals surface area contributed by atoms with Crippen LogP contribution in [0.3, 0.4) is 0 Å². The molecule has 3 nitrogen and oxygen atoms in total. The first-order valence-corrected chi connectivity index (χ1v) is 11.9. The van der Waals surface area contributed by atoms with Crippen LogP contribution in [0.5, 0.6) is 5.75 Å². The number of carbonyl (C=O) groups is 1. The van der Waals surface area contributed by atoms with Crippen LogP contribution in [-0.4, -0.2) is 25.4 Å². The van der Waals surface area contributed by atoms with Crippen molar-refractivity contribution in [2.24, 2.45) is 0 Å². The Hall–Kier alpha value is -3.40. The predicted octanol–water partition coefficient (Wildman–Crippen LogP) is 7.81. The van der Waals surface area contributed by atoms with Gasteiger partial charge < -0.3 is 9.47 Å². The van der Waals surface area contributed by atoms with Gasteiger partial charge in [-0.1, -0.05) is 30.3 Å². The first-order chi connectivity index (χ1) is 17.4. The molecule has 0 radical (unpaired) electrons. The third kappa shape index (κ3) is 7.79. The highest BCUT2D eigenvalue weighted by atomic mass is 32.2. The lowest BCUT2D eigenvalue weighted by Gasteiger charge is -2.14. The molecule has 0 aliphatic heterocycles. The van der Waals surface area contributed by atoms with E-state index < -0.39 is 29.4 Å². The number of esters is 1. The van der Waals surface area contributed by atoms with Gasteiger partial charge in [0.2, 0.25) is 0 Å². The second-order valence-electron chi connectivity index (χ2n) is 7.88. The largest absolute Gasteiger partial charge is 0.482 e. The number of thioether (sulfide) groups is 1. The van der Waals surface area contributed by atoms with Crippen molar-refractivity contribution in [2.75, 3.05) is 19.5 Å². The van der Waals surface area contributed by atoms with E-state index in [1.54, 1.807) is 31.2 Å². The van der Waals surface area contributed by atoms with Crippen molar-refractivity contribution in [2.45, 2.75) is 24.2 Å². The van der Waals surface area contributed by atoms with E-state index in [1.165, 1.54) is 43.1 Å². The van der Waals surface area contributed by atoms with Gasteiger partial charge in [0.05, 0.1) is 18.2 Å². The first kappa shape index (κ1) is 28.2. The van der Waals surface area contributed by atoms with Gasteiger partial charge in [0.1, 0.15) is 5.75 Å². The van der Waals surface area contributed by atoms with E-state index >= 15 is 0 Å². The molecule has 3 rings (SSSR count). The van der Waals surface area contributed by atoms with Crippen molar-refractivity contribution in [3.05, 3.63) is 101 Å². The normalized spacial score (nSPS) is 11.7. The molecule has 0 heterocycles. The molecule has 0 saturated carbocycles. The topological polar surface area (TPSA) is 35.5 Å². The summed E-state index contributed by atoms with van der Waals surface area (Å²) in [5, 5.41) is 0. The van der Waals surface area contributed by atoms with Crippen molar-refractivity contribution in [1.29, 1.82) is 0 Å². The summed E-state index contributed by atoms with van der Waals surface area (Å²) in [5.41, 5.74) is -0.495. The zero-order valence-corrected chi connectivity index (χ0v) is 20.6. The minimum Gasteiger partial charge on any atom is -0.482 e. The Bertz CT molecular complexity index is 1220. The number of benzene rings is 3. The Balaban J connectivity index is 1.90. The Kier molecular flexibility index (Phi) is 8.96.